The van der Waals surface area contributed by atoms with Crippen molar-refractivity contribution in [3.05, 3.63) is 42.2 Å². The van der Waals surface area contributed by atoms with Gasteiger partial charge in [0.1, 0.15) is 5.82 Å². The molecule has 0 heterocycles. The molecule has 0 aliphatic carbocycles. The van der Waals surface area contributed by atoms with E-state index in [1.54, 1.807) is 25.1 Å². The van der Waals surface area contributed by atoms with Gasteiger partial charge in [-0.3, -0.25) is 0 Å². The van der Waals surface area contributed by atoms with Crippen LogP contribution in [0.15, 0.2) is 30.9 Å². The lowest BCUT2D eigenvalue weighted by Gasteiger charge is -2.23. The molecule has 94 valence electrons. The van der Waals surface area contributed by atoms with Crippen LogP contribution in [0.5, 0.6) is 0 Å². The van der Waals surface area contributed by atoms with Gasteiger partial charge in [-0.25, -0.2) is 4.39 Å². The first-order chi connectivity index (χ1) is 8.10. The van der Waals surface area contributed by atoms with Crippen molar-refractivity contribution in [3.8, 4) is 0 Å². The molecule has 2 nitrogen and oxygen atoms in total. The van der Waals surface area contributed by atoms with Crippen molar-refractivity contribution in [1.82, 2.24) is 0 Å². The van der Waals surface area contributed by atoms with Crippen molar-refractivity contribution in [2.24, 2.45) is 0 Å². The lowest BCUT2D eigenvalue weighted by molar-refractivity contribution is 0.199. The Morgan fingerprint density at radius 1 is 1.53 bits per heavy atom. The van der Waals surface area contributed by atoms with Crippen LogP contribution in [0.4, 0.5) is 10.1 Å². The molecule has 0 aliphatic heterocycles. The maximum Gasteiger partial charge on any atom is 0.146 e. The Balaban J connectivity index is 2.99. The molecule has 17 heavy (non-hydrogen) atoms. The Kier molecular flexibility index (Phi) is 5.16. The van der Waals surface area contributed by atoms with E-state index in [0.717, 1.165) is 13.0 Å². The first-order valence-corrected chi connectivity index (χ1v) is 5.93. The predicted molar refractivity (Wildman–Crippen MR) is 69.7 cm³/mol. The van der Waals surface area contributed by atoms with Crippen LogP contribution in [0.25, 0.3) is 0 Å². The second kappa shape index (κ2) is 6.40. The fraction of sp³-hybridized carbons (Fsp3) is 0.429. The number of aliphatic hydroxyl groups is 1. The lowest BCUT2D eigenvalue weighted by atomic mass is 10.1. The fourth-order valence-corrected chi connectivity index (χ4v) is 1.78. The first-order valence-electron chi connectivity index (χ1n) is 5.93. The number of benzene rings is 1. The van der Waals surface area contributed by atoms with Gasteiger partial charge in [0.05, 0.1) is 11.8 Å². The zero-order valence-corrected chi connectivity index (χ0v) is 10.5. The second-order valence-corrected chi connectivity index (χ2v) is 4.12. The van der Waals surface area contributed by atoms with Gasteiger partial charge in [-0.2, -0.15) is 0 Å². The number of rotatable bonds is 6. The highest BCUT2D eigenvalue weighted by Crippen LogP contribution is 2.23. The number of hydrogen-bond acceptors (Lipinski definition) is 2. The molecule has 0 bridgehead atoms. The van der Waals surface area contributed by atoms with Crippen LogP contribution in [-0.4, -0.2) is 18.2 Å². The molecule has 0 amide bonds. The molecule has 0 aromatic heterocycles. The van der Waals surface area contributed by atoms with Crippen molar-refractivity contribution < 1.29 is 9.50 Å². The molecule has 1 aromatic rings. The Bertz CT molecular complexity index is 376. The lowest BCUT2D eigenvalue weighted by Crippen LogP contribution is -2.25. The summed E-state index contributed by atoms with van der Waals surface area (Å²) < 4.78 is 13.9. The summed E-state index contributed by atoms with van der Waals surface area (Å²) in [6.45, 7) is 8.77. The molecule has 3 heteroatoms. The van der Waals surface area contributed by atoms with E-state index in [0.29, 0.717) is 17.8 Å². The molecule has 1 N–H and O–H groups in total. The third-order valence-corrected chi connectivity index (χ3v) is 2.64. The van der Waals surface area contributed by atoms with Gasteiger partial charge in [0.25, 0.3) is 0 Å². The summed E-state index contributed by atoms with van der Waals surface area (Å²) in [5.41, 5.74) is 1.16. The van der Waals surface area contributed by atoms with Crippen molar-refractivity contribution >= 4 is 5.69 Å². The third-order valence-electron chi connectivity index (χ3n) is 2.64. The monoisotopic (exact) mass is 237 g/mol. The smallest absolute Gasteiger partial charge is 0.146 e. The van der Waals surface area contributed by atoms with E-state index in [9.17, 15) is 9.50 Å². The van der Waals surface area contributed by atoms with Crippen molar-refractivity contribution in [1.29, 1.82) is 0 Å². The van der Waals surface area contributed by atoms with Gasteiger partial charge in [-0.15, -0.1) is 6.58 Å². The minimum Gasteiger partial charge on any atom is -0.389 e. The number of anilines is 1. The van der Waals surface area contributed by atoms with Gasteiger partial charge < -0.3 is 10.0 Å². The van der Waals surface area contributed by atoms with Gasteiger partial charge in [0.15, 0.2) is 0 Å². The molecule has 1 rings (SSSR count). The highest BCUT2D eigenvalue weighted by molar-refractivity contribution is 5.50. The minimum absolute atomic E-state index is 0.293. The first kappa shape index (κ1) is 13.7. The minimum atomic E-state index is -0.641. The zero-order valence-electron chi connectivity index (χ0n) is 10.5. The SMILES string of the molecule is C=CCN(CCC)c1ccc([C@@H](C)O)cc1F. The quantitative estimate of drug-likeness (QED) is 0.767. The highest BCUT2D eigenvalue weighted by atomic mass is 19.1. The summed E-state index contributed by atoms with van der Waals surface area (Å²) in [6, 6.07) is 4.87. The summed E-state index contributed by atoms with van der Waals surface area (Å²) in [5, 5.41) is 9.39. The normalized spacial score (nSPS) is 12.2. The number of aliphatic hydroxyl groups excluding tert-OH is 1. The van der Waals surface area contributed by atoms with E-state index in [2.05, 4.69) is 13.5 Å². The third kappa shape index (κ3) is 3.56. The number of hydrogen-bond donors (Lipinski definition) is 1. The standard InChI is InChI=1S/C14H20FNO/c1-4-8-16(9-5-2)14-7-6-12(11(3)17)10-13(14)15/h4,6-7,10-11,17H,1,5,8-9H2,2-3H3/t11-/m1/s1. The van der Waals surface area contributed by atoms with Crippen LogP contribution in [0.1, 0.15) is 31.9 Å². The van der Waals surface area contributed by atoms with E-state index >= 15 is 0 Å². The fourth-order valence-electron chi connectivity index (χ4n) is 1.78. The topological polar surface area (TPSA) is 23.5 Å². The predicted octanol–water partition coefficient (Wildman–Crippen LogP) is 3.28. The molecule has 0 aliphatic rings. The second-order valence-electron chi connectivity index (χ2n) is 4.12. The summed E-state index contributed by atoms with van der Waals surface area (Å²) in [4.78, 5) is 1.94. The highest BCUT2D eigenvalue weighted by Gasteiger charge is 2.11. The Morgan fingerprint density at radius 3 is 2.71 bits per heavy atom. The molecule has 0 saturated heterocycles. The van der Waals surface area contributed by atoms with Gasteiger partial charge in [-0.1, -0.05) is 19.1 Å². The largest absolute Gasteiger partial charge is 0.389 e. The number of nitrogens with zero attached hydrogens (tertiary/aromatic N) is 1. The Labute approximate surface area is 102 Å². The maximum atomic E-state index is 13.9. The molecular formula is C14H20FNO. The molecule has 0 fully saturated rings. The van der Waals surface area contributed by atoms with Crippen LogP contribution >= 0.6 is 0 Å². The van der Waals surface area contributed by atoms with Gasteiger partial charge >= 0.3 is 0 Å². The molecule has 0 spiro atoms. The molecule has 1 aromatic carbocycles. The molecule has 0 saturated carbocycles. The van der Waals surface area contributed by atoms with Gasteiger partial charge in [0, 0.05) is 13.1 Å². The number of halogens is 1. The van der Waals surface area contributed by atoms with Crippen molar-refractivity contribution in [2.75, 3.05) is 18.0 Å². The molecule has 0 unspecified atom stereocenters. The average molecular weight is 237 g/mol. The maximum absolute atomic E-state index is 13.9. The average Bonchev–Trinajstić information content (AvgIpc) is 2.28. The van der Waals surface area contributed by atoms with Crippen LogP contribution < -0.4 is 4.90 Å². The summed E-state index contributed by atoms with van der Waals surface area (Å²) in [7, 11) is 0. The van der Waals surface area contributed by atoms with Gasteiger partial charge in [-0.05, 0) is 31.0 Å². The molecular weight excluding hydrogens is 217 g/mol. The van der Waals surface area contributed by atoms with Crippen molar-refractivity contribution in [2.45, 2.75) is 26.4 Å². The van der Waals surface area contributed by atoms with Crippen LogP contribution in [0, 0.1) is 5.82 Å². The van der Waals surface area contributed by atoms with Crippen LogP contribution in [0.3, 0.4) is 0 Å². The summed E-state index contributed by atoms with van der Waals surface area (Å²) in [5.74, 6) is -0.293. The zero-order chi connectivity index (χ0) is 12.8. The van der Waals surface area contributed by atoms with Crippen molar-refractivity contribution in [3.63, 3.8) is 0 Å². The van der Waals surface area contributed by atoms with E-state index in [4.69, 9.17) is 0 Å². The van der Waals surface area contributed by atoms with E-state index in [1.807, 2.05) is 4.90 Å². The summed E-state index contributed by atoms with van der Waals surface area (Å²) >= 11 is 0. The van der Waals surface area contributed by atoms with E-state index in [-0.39, 0.29) is 5.82 Å². The molecule has 0 radical (unpaired) electrons. The van der Waals surface area contributed by atoms with E-state index in [1.165, 1.54) is 6.07 Å². The van der Waals surface area contributed by atoms with Crippen LogP contribution in [-0.2, 0) is 0 Å². The molecule has 1 atom stereocenters. The Morgan fingerprint density at radius 2 is 2.24 bits per heavy atom. The Hall–Kier alpha value is -1.35. The summed E-state index contributed by atoms with van der Waals surface area (Å²) in [6.07, 6.45) is 2.07. The van der Waals surface area contributed by atoms with E-state index < -0.39 is 6.10 Å². The van der Waals surface area contributed by atoms with Crippen LogP contribution in [0.2, 0.25) is 0 Å². The van der Waals surface area contributed by atoms with Gasteiger partial charge in [0.2, 0.25) is 0 Å².